The normalized spacial score (nSPS) is 11.9. The van der Waals surface area contributed by atoms with Gasteiger partial charge in [0.2, 0.25) is 12.2 Å². The molecule has 3 aromatic rings. The molecule has 0 heterocycles. The second kappa shape index (κ2) is 11.1. The first-order chi connectivity index (χ1) is 16.4. The molecule has 0 aliphatic heterocycles. The molecule has 3 aromatic carbocycles. The highest BCUT2D eigenvalue weighted by Crippen LogP contribution is 2.16. The summed E-state index contributed by atoms with van der Waals surface area (Å²) in [4.78, 5) is 50.1. The average Bonchev–Trinajstić information content (AvgIpc) is 2.87. The molecule has 3 rings (SSSR count). The molecule has 1 amide bonds. The molecule has 170 valence electrons. The van der Waals surface area contributed by atoms with Gasteiger partial charge in [0.15, 0.2) is 0 Å². The molecule has 9 heteroatoms. The van der Waals surface area contributed by atoms with Gasteiger partial charge in [-0.2, -0.15) is 5.26 Å². The number of hydrogen-bond donors (Lipinski definition) is 2. The number of benzene rings is 3. The molecule has 0 bridgehead atoms. The number of carbonyl (C=O) groups is 4. The monoisotopic (exact) mass is 458 g/mol. The van der Waals surface area contributed by atoms with Crippen LogP contribution in [-0.2, 0) is 19.1 Å². The van der Waals surface area contributed by atoms with E-state index in [0.717, 1.165) is 0 Å². The molecule has 34 heavy (non-hydrogen) atoms. The number of carboxylic acids is 1. The number of rotatable bonds is 8. The van der Waals surface area contributed by atoms with Crippen LogP contribution in [-0.4, -0.2) is 41.1 Å². The van der Waals surface area contributed by atoms with E-state index in [1.807, 2.05) is 6.07 Å². The summed E-state index contributed by atoms with van der Waals surface area (Å²) in [5, 5.41) is 21.0. The Morgan fingerprint density at radius 1 is 0.735 bits per heavy atom. The van der Waals surface area contributed by atoms with Gasteiger partial charge in [0.05, 0.1) is 22.8 Å². The van der Waals surface area contributed by atoms with Gasteiger partial charge in [0, 0.05) is 5.69 Å². The summed E-state index contributed by atoms with van der Waals surface area (Å²) < 4.78 is 10.3. The third kappa shape index (κ3) is 6.05. The van der Waals surface area contributed by atoms with Crippen LogP contribution in [0.4, 0.5) is 5.69 Å². The Morgan fingerprint density at radius 2 is 1.21 bits per heavy atom. The van der Waals surface area contributed by atoms with E-state index in [2.05, 4.69) is 5.32 Å². The third-order valence-corrected chi connectivity index (χ3v) is 4.55. The Hall–Kier alpha value is -4.97. The number of amides is 1. The van der Waals surface area contributed by atoms with Crippen molar-refractivity contribution in [2.24, 2.45) is 0 Å². The van der Waals surface area contributed by atoms with Gasteiger partial charge in [0.25, 0.3) is 5.91 Å². The minimum Gasteiger partial charge on any atom is -0.478 e. The third-order valence-electron chi connectivity index (χ3n) is 4.55. The van der Waals surface area contributed by atoms with E-state index in [1.54, 1.807) is 36.4 Å². The van der Waals surface area contributed by atoms with Gasteiger partial charge >= 0.3 is 17.9 Å². The van der Waals surface area contributed by atoms with Crippen molar-refractivity contribution in [3.63, 3.8) is 0 Å². The number of aliphatic carboxylic acids is 1. The maximum atomic E-state index is 13.0. The molecule has 0 aliphatic carbocycles. The number of nitrogens with one attached hydrogen (secondary N) is 1. The summed E-state index contributed by atoms with van der Waals surface area (Å²) in [6.45, 7) is 0. The molecular weight excluding hydrogens is 440 g/mol. The fourth-order valence-corrected chi connectivity index (χ4v) is 2.85. The summed E-state index contributed by atoms with van der Waals surface area (Å²) in [5.74, 6) is -4.73. The van der Waals surface area contributed by atoms with Crippen molar-refractivity contribution in [3.8, 4) is 6.07 Å². The quantitative estimate of drug-likeness (QED) is 0.491. The molecule has 0 fully saturated rings. The smallest absolute Gasteiger partial charge is 0.349 e. The summed E-state index contributed by atoms with van der Waals surface area (Å²) in [6, 6.07) is 22.8. The zero-order valence-corrected chi connectivity index (χ0v) is 17.6. The molecule has 9 nitrogen and oxygen atoms in total. The lowest BCUT2D eigenvalue weighted by molar-refractivity contribution is -0.157. The van der Waals surface area contributed by atoms with Gasteiger partial charge in [-0.05, 0) is 48.5 Å². The van der Waals surface area contributed by atoms with Gasteiger partial charge in [-0.3, -0.25) is 4.79 Å². The van der Waals surface area contributed by atoms with Crippen molar-refractivity contribution in [3.05, 3.63) is 102 Å². The number of anilines is 1. The van der Waals surface area contributed by atoms with Gasteiger partial charge in [-0.1, -0.05) is 36.4 Å². The van der Waals surface area contributed by atoms with Gasteiger partial charge in [0.1, 0.15) is 0 Å². The highest BCUT2D eigenvalue weighted by atomic mass is 16.6. The zero-order chi connectivity index (χ0) is 24.5. The Kier molecular flexibility index (Phi) is 7.71. The molecule has 2 N–H and O–H groups in total. The van der Waals surface area contributed by atoms with Gasteiger partial charge < -0.3 is 19.9 Å². The number of nitriles is 1. The number of ether oxygens (including phenoxy) is 2. The molecule has 0 saturated carbocycles. The van der Waals surface area contributed by atoms with Crippen LogP contribution in [0.5, 0.6) is 0 Å². The van der Waals surface area contributed by atoms with Gasteiger partial charge in [-0.15, -0.1) is 0 Å². The molecule has 0 spiro atoms. The average molecular weight is 458 g/mol. The minimum absolute atomic E-state index is 0.0504. The Bertz CT molecular complexity index is 1220. The second-order valence-electron chi connectivity index (χ2n) is 6.90. The van der Waals surface area contributed by atoms with E-state index in [1.165, 1.54) is 48.5 Å². The molecular formula is C25H18N2O7. The molecule has 2 atom stereocenters. The van der Waals surface area contributed by atoms with E-state index < -0.39 is 36.0 Å². The summed E-state index contributed by atoms with van der Waals surface area (Å²) in [5.41, 5.74) is 0.667. The van der Waals surface area contributed by atoms with Crippen LogP contribution in [0.2, 0.25) is 0 Å². The van der Waals surface area contributed by atoms with Crippen LogP contribution in [0.3, 0.4) is 0 Å². The van der Waals surface area contributed by atoms with Crippen molar-refractivity contribution >= 4 is 29.5 Å². The maximum absolute atomic E-state index is 13.0. The highest BCUT2D eigenvalue weighted by Gasteiger charge is 2.41. The SMILES string of the molecule is N#Cc1ccc(NC(=O)[C@H](OC(=O)c2ccccc2)[C@@H](OC(=O)c2ccccc2)C(=O)O)cc1. The van der Waals surface area contributed by atoms with E-state index in [9.17, 15) is 24.3 Å². The lowest BCUT2D eigenvalue weighted by Crippen LogP contribution is -2.48. The zero-order valence-electron chi connectivity index (χ0n) is 17.6. The molecule has 0 aromatic heterocycles. The van der Waals surface area contributed by atoms with Crippen molar-refractivity contribution in [1.82, 2.24) is 0 Å². The Morgan fingerprint density at radius 3 is 1.65 bits per heavy atom. The van der Waals surface area contributed by atoms with Crippen molar-refractivity contribution in [2.45, 2.75) is 12.2 Å². The standard InChI is InChI=1S/C25H18N2O7/c26-15-16-11-13-19(14-12-16)27-22(28)20(33-24(31)17-7-3-1-4-8-17)21(23(29)30)34-25(32)18-9-5-2-6-10-18/h1-14,20-21H,(H,27,28)(H,29,30)/t20-,21-/m1/s1. The molecule has 0 aliphatic rings. The maximum Gasteiger partial charge on any atom is 0.349 e. The molecule has 0 radical (unpaired) electrons. The first kappa shape index (κ1) is 23.7. The Balaban J connectivity index is 1.89. The van der Waals surface area contributed by atoms with Crippen LogP contribution >= 0.6 is 0 Å². The van der Waals surface area contributed by atoms with E-state index in [-0.39, 0.29) is 16.8 Å². The van der Waals surface area contributed by atoms with Crippen molar-refractivity contribution in [1.29, 1.82) is 5.26 Å². The number of carboxylic acid groups (broad SMARTS) is 1. The van der Waals surface area contributed by atoms with Crippen molar-refractivity contribution in [2.75, 3.05) is 5.32 Å². The largest absolute Gasteiger partial charge is 0.478 e. The van der Waals surface area contributed by atoms with Gasteiger partial charge in [-0.25, -0.2) is 14.4 Å². The van der Waals surface area contributed by atoms with Crippen LogP contribution < -0.4 is 5.32 Å². The fraction of sp³-hybridized carbons (Fsp3) is 0.0800. The fourth-order valence-electron chi connectivity index (χ4n) is 2.85. The number of carbonyl (C=O) groups excluding carboxylic acids is 3. The van der Waals surface area contributed by atoms with E-state index in [0.29, 0.717) is 5.56 Å². The van der Waals surface area contributed by atoms with Crippen LogP contribution in [0, 0.1) is 11.3 Å². The number of esters is 2. The topological polar surface area (TPSA) is 143 Å². The predicted molar refractivity (Wildman–Crippen MR) is 119 cm³/mol. The summed E-state index contributed by atoms with van der Waals surface area (Å²) in [7, 11) is 0. The van der Waals surface area contributed by atoms with Crippen LogP contribution in [0.1, 0.15) is 26.3 Å². The summed E-state index contributed by atoms with van der Waals surface area (Å²) in [6.07, 6.45) is -4.16. The second-order valence-corrected chi connectivity index (χ2v) is 6.90. The van der Waals surface area contributed by atoms with Crippen LogP contribution in [0.15, 0.2) is 84.9 Å². The number of nitrogens with zero attached hydrogens (tertiary/aromatic N) is 1. The number of hydrogen-bond acceptors (Lipinski definition) is 7. The van der Waals surface area contributed by atoms with Crippen molar-refractivity contribution < 1.29 is 33.8 Å². The lowest BCUT2D eigenvalue weighted by atomic mass is 10.1. The minimum atomic E-state index is -2.14. The lowest BCUT2D eigenvalue weighted by Gasteiger charge is -2.23. The predicted octanol–water partition coefficient (Wildman–Crippen LogP) is 3.03. The van der Waals surface area contributed by atoms with Crippen LogP contribution in [0.25, 0.3) is 0 Å². The van der Waals surface area contributed by atoms with E-state index in [4.69, 9.17) is 14.7 Å². The first-order valence-electron chi connectivity index (χ1n) is 9.95. The molecule has 0 saturated heterocycles. The Labute approximate surface area is 194 Å². The molecule has 0 unspecified atom stereocenters. The van der Waals surface area contributed by atoms with E-state index >= 15 is 0 Å². The highest BCUT2D eigenvalue weighted by molar-refractivity contribution is 6.01. The summed E-state index contributed by atoms with van der Waals surface area (Å²) >= 11 is 0. The first-order valence-corrected chi connectivity index (χ1v) is 9.95.